The molecule has 0 bridgehead atoms. The van der Waals surface area contributed by atoms with Crippen LogP contribution in [0.25, 0.3) is 22.6 Å². The van der Waals surface area contributed by atoms with Crippen LogP contribution < -0.4 is 28.7 Å². The molecular weight excluding hydrogens is 548 g/mol. The van der Waals surface area contributed by atoms with E-state index in [-0.39, 0.29) is 0 Å². The van der Waals surface area contributed by atoms with Crippen molar-refractivity contribution < 1.29 is 28.0 Å². The van der Waals surface area contributed by atoms with Crippen molar-refractivity contribution >= 4 is 11.6 Å². The first-order valence-corrected chi connectivity index (χ1v) is 15.1. The Labute approximate surface area is 254 Å². The van der Waals surface area contributed by atoms with Crippen LogP contribution in [0.4, 0.5) is 11.6 Å². The molecule has 10 nitrogen and oxygen atoms in total. The van der Waals surface area contributed by atoms with Gasteiger partial charge in [-0.25, -0.2) is 0 Å². The van der Waals surface area contributed by atoms with E-state index in [1.165, 1.54) is 0 Å². The van der Waals surface area contributed by atoms with Crippen LogP contribution in [0.1, 0.15) is 47.0 Å². The second kappa shape index (κ2) is 15.8. The molecule has 2 heterocycles. The Balaban J connectivity index is 1.33. The molecule has 0 saturated carbocycles. The van der Waals surface area contributed by atoms with E-state index in [4.69, 9.17) is 28.0 Å². The lowest BCUT2D eigenvalue weighted by Gasteiger charge is -2.16. The average Bonchev–Trinajstić information content (AvgIpc) is 3.73. The van der Waals surface area contributed by atoms with Gasteiger partial charge in [0.1, 0.15) is 23.0 Å². The Bertz CT molecular complexity index is 1300. The Morgan fingerprint density at radius 3 is 1.37 bits per heavy atom. The lowest BCUT2D eigenvalue weighted by atomic mass is 10.1. The summed E-state index contributed by atoms with van der Waals surface area (Å²) in [6.45, 7) is 12.9. The third kappa shape index (κ3) is 7.94. The van der Waals surface area contributed by atoms with E-state index in [1.54, 1.807) is 14.2 Å². The number of anilines is 2. The molecule has 232 valence electrons. The first-order valence-electron chi connectivity index (χ1n) is 15.1. The van der Waals surface area contributed by atoms with Crippen molar-refractivity contribution in [2.45, 2.75) is 47.0 Å². The van der Waals surface area contributed by atoms with Crippen LogP contribution in [-0.2, 0) is 0 Å². The Morgan fingerprint density at radius 1 is 0.581 bits per heavy atom. The summed E-state index contributed by atoms with van der Waals surface area (Å²) in [6, 6.07) is 15.4. The van der Waals surface area contributed by atoms with E-state index in [0.29, 0.717) is 36.2 Å². The SMILES string of the molecule is CCN(CC)c1cc(-c2ccc(OC)cc2OCCCCCOc2cc(OC)ccc2-c2cc(N(CC)CC)no2)on1. The van der Waals surface area contributed by atoms with Crippen LogP contribution in [0.15, 0.2) is 57.6 Å². The zero-order valence-electron chi connectivity index (χ0n) is 26.2. The average molecular weight is 593 g/mol. The van der Waals surface area contributed by atoms with Gasteiger partial charge in [-0.05, 0) is 71.2 Å². The molecule has 0 atom stereocenters. The van der Waals surface area contributed by atoms with Crippen LogP contribution >= 0.6 is 0 Å². The van der Waals surface area contributed by atoms with Crippen molar-refractivity contribution in [1.82, 2.24) is 10.3 Å². The minimum absolute atomic E-state index is 0.549. The molecule has 0 aliphatic rings. The van der Waals surface area contributed by atoms with E-state index >= 15 is 0 Å². The molecular formula is C33H44N4O6. The monoisotopic (exact) mass is 592 g/mol. The third-order valence-corrected chi connectivity index (χ3v) is 7.38. The molecule has 43 heavy (non-hydrogen) atoms. The highest BCUT2D eigenvalue weighted by molar-refractivity contribution is 5.70. The molecule has 0 unspecified atom stereocenters. The highest BCUT2D eigenvalue weighted by Crippen LogP contribution is 2.37. The number of unbranched alkanes of at least 4 members (excludes halogenated alkanes) is 2. The lowest BCUT2D eigenvalue weighted by Crippen LogP contribution is -2.21. The zero-order valence-corrected chi connectivity index (χ0v) is 26.2. The molecule has 0 fully saturated rings. The number of nitrogens with zero attached hydrogens (tertiary/aromatic N) is 4. The number of rotatable bonds is 18. The van der Waals surface area contributed by atoms with Crippen LogP contribution in [-0.4, -0.2) is 63.9 Å². The maximum absolute atomic E-state index is 6.21. The molecule has 0 N–H and O–H groups in total. The Kier molecular flexibility index (Phi) is 11.6. The normalized spacial score (nSPS) is 10.9. The Hall–Kier alpha value is -4.34. The smallest absolute Gasteiger partial charge is 0.172 e. The van der Waals surface area contributed by atoms with E-state index in [0.717, 1.165) is 79.7 Å². The van der Waals surface area contributed by atoms with Gasteiger partial charge >= 0.3 is 0 Å². The van der Waals surface area contributed by atoms with Gasteiger partial charge in [0.15, 0.2) is 23.2 Å². The summed E-state index contributed by atoms with van der Waals surface area (Å²) in [4.78, 5) is 4.28. The zero-order chi connectivity index (χ0) is 30.6. The predicted molar refractivity (Wildman–Crippen MR) is 169 cm³/mol. The van der Waals surface area contributed by atoms with Gasteiger partial charge in [-0.1, -0.05) is 10.3 Å². The summed E-state index contributed by atoms with van der Waals surface area (Å²) in [7, 11) is 3.29. The minimum Gasteiger partial charge on any atom is -0.497 e. The molecule has 4 aromatic rings. The summed E-state index contributed by atoms with van der Waals surface area (Å²) in [6.07, 6.45) is 2.66. The minimum atomic E-state index is 0.549. The summed E-state index contributed by atoms with van der Waals surface area (Å²) in [5.74, 6) is 5.81. The maximum atomic E-state index is 6.21. The molecule has 0 aliphatic carbocycles. The van der Waals surface area contributed by atoms with Gasteiger partial charge in [0.05, 0.1) is 38.6 Å². The van der Waals surface area contributed by atoms with Crippen LogP contribution in [0.3, 0.4) is 0 Å². The van der Waals surface area contributed by atoms with Crippen LogP contribution in [0.2, 0.25) is 0 Å². The largest absolute Gasteiger partial charge is 0.497 e. The summed E-state index contributed by atoms with van der Waals surface area (Å²) >= 11 is 0. The van der Waals surface area contributed by atoms with Gasteiger partial charge in [-0.15, -0.1) is 0 Å². The van der Waals surface area contributed by atoms with Gasteiger partial charge < -0.3 is 37.8 Å². The van der Waals surface area contributed by atoms with Gasteiger partial charge in [-0.2, -0.15) is 0 Å². The molecule has 0 aliphatic heterocycles. The Morgan fingerprint density at radius 2 is 1.00 bits per heavy atom. The summed E-state index contributed by atoms with van der Waals surface area (Å²) in [5.41, 5.74) is 1.69. The second-order valence-electron chi connectivity index (χ2n) is 9.93. The first kappa shape index (κ1) is 31.6. The molecule has 0 amide bonds. The molecule has 2 aromatic heterocycles. The molecule has 10 heteroatoms. The molecule has 0 spiro atoms. The van der Waals surface area contributed by atoms with Gasteiger partial charge in [0.25, 0.3) is 0 Å². The highest BCUT2D eigenvalue weighted by Gasteiger charge is 2.17. The summed E-state index contributed by atoms with van der Waals surface area (Å²) in [5, 5.41) is 8.51. The van der Waals surface area contributed by atoms with Crippen molar-refractivity contribution in [3.05, 3.63) is 48.5 Å². The van der Waals surface area contributed by atoms with Crippen LogP contribution in [0, 0.1) is 0 Å². The fourth-order valence-electron chi connectivity index (χ4n) is 4.83. The lowest BCUT2D eigenvalue weighted by molar-refractivity contribution is 0.278. The number of ether oxygens (including phenoxy) is 4. The van der Waals surface area contributed by atoms with Gasteiger partial charge in [0.2, 0.25) is 0 Å². The van der Waals surface area contributed by atoms with E-state index < -0.39 is 0 Å². The number of hydrogen-bond donors (Lipinski definition) is 0. The van der Waals surface area contributed by atoms with Crippen molar-refractivity contribution in [2.75, 3.05) is 63.4 Å². The van der Waals surface area contributed by atoms with E-state index in [2.05, 4.69) is 47.8 Å². The topological polar surface area (TPSA) is 95.5 Å². The van der Waals surface area contributed by atoms with Gasteiger partial charge in [0, 0.05) is 50.4 Å². The van der Waals surface area contributed by atoms with E-state index in [1.807, 2.05) is 48.5 Å². The standard InChI is InChI=1S/C33H44N4O6/c1-7-36(8-2)32-22-30(42-34-32)26-16-14-24(38-5)20-28(26)40-18-12-11-13-19-41-29-21-25(39-6)15-17-27(29)31-23-33(35-43-31)37(9-3)10-4/h14-17,20-23H,7-13,18-19H2,1-6H3. The second-order valence-corrected chi connectivity index (χ2v) is 9.93. The first-order chi connectivity index (χ1) is 21.0. The molecule has 0 radical (unpaired) electrons. The van der Waals surface area contributed by atoms with Crippen molar-refractivity contribution in [1.29, 1.82) is 0 Å². The third-order valence-electron chi connectivity index (χ3n) is 7.38. The van der Waals surface area contributed by atoms with E-state index in [9.17, 15) is 0 Å². The fraction of sp³-hybridized carbons (Fsp3) is 0.455. The maximum Gasteiger partial charge on any atom is 0.172 e. The van der Waals surface area contributed by atoms with Crippen molar-refractivity contribution in [3.63, 3.8) is 0 Å². The molecule has 2 aromatic carbocycles. The quantitative estimate of drug-likeness (QED) is 0.109. The molecule has 4 rings (SSSR count). The fourth-order valence-corrected chi connectivity index (χ4v) is 4.83. The number of aromatic nitrogens is 2. The predicted octanol–water partition coefficient (Wildman–Crippen LogP) is 7.33. The number of methoxy groups -OCH3 is 2. The summed E-state index contributed by atoms with van der Waals surface area (Å²) < 4.78 is 34.6. The molecule has 0 saturated heterocycles. The van der Waals surface area contributed by atoms with Crippen molar-refractivity contribution in [2.24, 2.45) is 0 Å². The van der Waals surface area contributed by atoms with Gasteiger partial charge in [-0.3, -0.25) is 0 Å². The van der Waals surface area contributed by atoms with Crippen LogP contribution in [0.5, 0.6) is 23.0 Å². The number of hydrogen-bond acceptors (Lipinski definition) is 10. The number of benzene rings is 2. The van der Waals surface area contributed by atoms with Crippen molar-refractivity contribution in [3.8, 4) is 45.6 Å². The highest BCUT2D eigenvalue weighted by atomic mass is 16.5.